The molecule has 0 aliphatic rings. The molecule has 0 unspecified atom stereocenters. The van der Waals surface area contributed by atoms with Crippen LogP contribution in [0.5, 0.6) is 0 Å². The van der Waals surface area contributed by atoms with E-state index in [-0.39, 0.29) is 6.03 Å². The maximum absolute atomic E-state index is 11.1. The number of carbonyl (C=O) groups excluding carboxylic acids is 1. The molecule has 0 saturated carbocycles. The molecule has 4 N–H and O–H groups in total. The van der Waals surface area contributed by atoms with Gasteiger partial charge in [-0.1, -0.05) is 0 Å². The molecule has 0 heterocycles. The van der Waals surface area contributed by atoms with Crippen molar-refractivity contribution < 1.29 is 4.79 Å². The standard InChI is InChI=1S/C7H15N5O/c1-6(4-8)10-5-11(2)7(13)12(3)9/h4-5H,8-9H2,1-3H3/b6-4+,10-5?. The largest absolute Gasteiger partial charge is 0.403 e. The van der Waals surface area contributed by atoms with E-state index >= 15 is 0 Å². The van der Waals surface area contributed by atoms with Crippen molar-refractivity contribution in [3.63, 3.8) is 0 Å². The summed E-state index contributed by atoms with van der Waals surface area (Å²) in [6.07, 6.45) is 2.70. The van der Waals surface area contributed by atoms with E-state index in [4.69, 9.17) is 11.6 Å². The normalized spacial score (nSPS) is 11.8. The van der Waals surface area contributed by atoms with Gasteiger partial charge in [0.25, 0.3) is 0 Å². The fraction of sp³-hybridized carbons (Fsp3) is 0.429. The summed E-state index contributed by atoms with van der Waals surface area (Å²) in [5.74, 6) is 5.22. The molecule has 0 fully saturated rings. The third kappa shape index (κ3) is 4.12. The van der Waals surface area contributed by atoms with Gasteiger partial charge in [-0.15, -0.1) is 0 Å². The molecule has 74 valence electrons. The second kappa shape index (κ2) is 5.15. The van der Waals surface area contributed by atoms with Gasteiger partial charge in [0, 0.05) is 20.3 Å². The summed E-state index contributed by atoms with van der Waals surface area (Å²) in [7, 11) is 3.01. The summed E-state index contributed by atoms with van der Waals surface area (Å²) in [5, 5.41) is 0.966. The Kier molecular flexibility index (Phi) is 4.53. The molecule has 0 radical (unpaired) electrons. The second-order valence-electron chi connectivity index (χ2n) is 2.56. The average Bonchev–Trinajstić information content (AvgIpc) is 2.11. The Morgan fingerprint density at radius 3 is 2.38 bits per heavy atom. The number of hydrogen-bond acceptors (Lipinski definition) is 4. The zero-order chi connectivity index (χ0) is 10.4. The number of nitrogens with two attached hydrogens (primary N) is 2. The van der Waals surface area contributed by atoms with Crippen molar-refractivity contribution in [3.05, 3.63) is 11.9 Å². The third-order valence-electron chi connectivity index (χ3n) is 1.28. The molecule has 2 amide bonds. The Hall–Kier alpha value is -1.56. The molecule has 0 saturated heterocycles. The molecule has 0 aliphatic carbocycles. The summed E-state index contributed by atoms with van der Waals surface area (Å²) >= 11 is 0. The van der Waals surface area contributed by atoms with Crippen molar-refractivity contribution in [1.29, 1.82) is 0 Å². The fourth-order valence-corrected chi connectivity index (χ4v) is 0.519. The first-order chi connectivity index (χ1) is 5.99. The molecule has 0 aromatic rings. The highest BCUT2D eigenvalue weighted by atomic mass is 16.2. The average molecular weight is 185 g/mol. The lowest BCUT2D eigenvalue weighted by molar-refractivity contribution is 0.194. The minimum Gasteiger partial charge on any atom is -0.403 e. The van der Waals surface area contributed by atoms with Gasteiger partial charge in [-0.25, -0.2) is 15.6 Å². The molecule has 0 bridgehead atoms. The smallest absolute Gasteiger partial charge is 0.338 e. The van der Waals surface area contributed by atoms with Crippen LogP contribution in [-0.2, 0) is 0 Å². The number of aliphatic imine (C=N–C) groups is 1. The van der Waals surface area contributed by atoms with Gasteiger partial charge in [0.05, 0.1) is 12.0 Å². The molecule has 0 rings (SSSR count). The summed E-state index contributed by atoms with van der Waals surface area (Å²) in [6, 6.07) is -0.353. The Bertz CT molecular complexity index is 233. The van der Waals surface area contributed by atoms with E-state index in [1.807, 2.05) is 0 Å². The van der Waals surface area contributed by atoms with Crippen LogP contribution in [0.15, 0.2) is 16.9 Å². The van der Waals surface area contributed by atoms with Crippen LogP contribution < -0.4 is 11.6 Å². The topological polar surface area (TPSA) is 88.0 Å². The number of nitrogens with zero attached hydrogens (tertiary/aromatic N) is 3. The second-order valence-corrected chi connectivity index (χ2v) is 2.56. The van der Waals surface area contributed by atoms with Crippen molar-refractivity contribution in [1.82, 2.24) is 9.91 Å². The summed E-state index contributed by atoms with van der Waals surface area (Å²) in [4.78, 5) is 16.3. The van der Waals surface area contributed by atoms with Gasteiger partial charge in [0.2, 0.25) is 0 Å². The van der Waals surface area contributed by atoms with Gasteiger partial charge < -0.3 is 5.73 Å². The summed E-state index contributed by atoms with van der Waals surface area (Å²) in [6.45, 7) is 1.72. The van der Waals surface area contributed by atoms with E-state index in [9.17, 15) is 4.79 Å². The zero-order valence-corrected chi connectivity index (χ0v) is 8.06. The Morgan fingerprint density at radius 2 is 2.00 bits per heavy atom. The van der Waals surface area contributed by atoms with Crippen LogP contribution in [0.3, 0.4) is 0 Å². The molecule has 0 spiro atoms. The highest BCUT2D eigenvalue weighted by Crippen LogP contribution is 1.91. The van der Waals surface area contributed by atoms with Crippen LogP contribution in [0, 0.1) is 0 Å². The Balaban J connectivity index is 4.23. The van der Waals surface area contributed by atoms with E-state index in [0.29, 0.717) is 5.70 Å². The Morgan fingerprint density at radius 1 is 1.46 bits per heavy atom. The summed E-state index contributed by atoms with van der Waals surface area (Å²) in [5.41, 5.74) is 5.80. The number of hydrazine groups is 1. The quantitative estimate of drug-likeness (QED) is 0.203. The molecule has 0 aliphatic heterocycles. The van der Waals surface area contributed by atoms with E-state index in [1.165, 1.54) is 24.5 Å². The highest BCUT2D eigenvalue weighted by Gasteiger charge is 2.07. The monoisotopic (exact) mass is 185 g/mol. The maximum atomic E-state index is 11.1. The van der Waals surface area contributed by atoms with E-state index in [2.05, 4.69) is 4.99 Å². The number of allylic oxidation sites excluding steroid dienone is 1. The lowest BCUT2D eigenvalue weighted by atomic mass is 10.6. The summed E-state index contributed by atoms with van der Waals surface area (Å²) < 4.78 is 0. The van der Waals surface area contributed by atoms with Gasteiger partial charge >= 0.3 is 6.03 Å². The molecule has 0 atom stereocenters. The van der Waals surface area contributed by atoms with Gasteiger partial charge in [0.15, 0.2) is 0 Å². The predicted octanol–water partition coefficient (Wildman–Crippen LogP) is -0.308. The first kappa shape index (κ1) is 11.4. The SMILES string of the molecule is C/C(=C\N)N=CN(C)C(=O)N(C)N. The number of carbonyl (C=O) groups is 1. The molecule has 13 heavy (non-hydrogen) atoms. The van der Waals surface area contributed by atoms with Crippen LogP contribution in [0.4, 0.5) is 4.79 Å². The van der Waals surface area contributed by atoms with E-state index in [1.54, 1.807) is 14.0 Å². The first-order valence-corrected chi connectivity index (χ1v) is 3.67. The first-order valence-electron chi connectivity index (χ1n) is 3.67. The molecular formula is C7H15N5O. The predicted molar refractivity (Wildman–Crippen MR) is 51.5 cm³/mol. The molecular weight excluding hydrogens is 170 g/mol. The maximum Gasteiger partial charge on any atom is 0.338 e. The number of hydrogen-bond donors (Lipinski definition) is 2. The number of rotatable bonds is 2. The van der Waals surface area contributed by atoms with Crippen molar-refractivity contribution in [2.75, 3.05) is 14.1 Å². The number of urea groups is 1. The lowest BCUT2D eigenvalue weighted by Crippen LogP contribution is -2.42. The van der Waals surface area contributed by atoms with Crippen molar-refractivity contribution in [3.8, 4) is 0 Å². The Labute approximate surface area is 77.5 Å². The van der Waals surface area contributed by atoms with Crippen molar-refractivity contribution >= 4 is 12.4 Å². The minimum absolute atomic E-state index is 0.353. The molecule has 0 aromatic heterocycles. The van der Waals surface area contributed by atoms with Crippen molar-refractivity contribution in [2.45, 2.75) is 6.92 Å². The lowest BCUT2D eigenvalue weighted by Gasteiger charge is -2.16. The van der Waals surface area contributed by atoms with Gasteiger partial charge in [-0.2, -0.15) is 0 Å². The van der Waals surface area contributed by atoms with Crippen LogP contribution in [0.1, 0.15) is 6.92 Å². The van der Waals surface area contributed by atoms with Crippen molar-refractivity contribution in [2.24, 2.45) is 16.6 Å². The molecule has 6 nitrogen and oxygen atoms in total. The van der Waals surface area contributed by atoms with Gasteiger partial charge in [0.1, 0.15) is 0 Å². The van der Waals surface area contributed by atoms with Crippen LogP contribution in [-0.4, -0.2) is 36.4 Å². The fourth-order valence-electron chi connectivity index (χ4n) is 0.519. The molecule has 0 aromatic carbocycles. The van der Waals surface area contributed by atoms with Gasteiger partial charge in [-0.3, -0.25) is 9.91 Å². The molecule has 6 heteroatoms. The third-order valence-corrected chi connectivity index (χ3v) is 1.28. The van der Waals surface area contributed by atoms with Gasteiger partial charge in [-0.05, 0) is 6.92 Å². The number of amides is 2. The van der Waals surface area contributed by atoms with E-state index in [0.717, 1.165) is 5.01 Å². The zero-order valence-electron chi connectivity index (χ0n) is 8.06. The van der Waals surface area contributed by atoms with Crippen LogP contribution in [0.25, 0.3) is 0 Å². The highest BCUT2D eigenvalue weighted by molar-refractivity contribution is 5.85. The van der Waals surface area contributed by atoms with Crippen LogP contribution in [0.2, 0.25) is 0 Å². The van der Waals surface area contributed by atoms with Crippen LogP contribution >= 0.6 is 0 Å². The van der Waals surface area contributed by atoms with E-state index < -0.39 is 0 Å². The minimum atomic E-state index is -0.353.